The Morgan fingerprint density at radius 3 is 2.71 bits per heavy atom. The van der Waals surface area contributed by atoms with Crippen molar-refractivity contribution in [1.82, 2.24) is 10.3 Å². The standard InChI is InChI=1S/C11H11F3N2O/c1-3-9-4-8(5-15-7(2)17)10(6-16-9)11(12,13)14/h3-4,6H,1,5H2,2H3,(H,15,17). The fourth-order valence-corrected chi connectivity index (χ4v) is 1.25. The van der Waals surface area contributed by atoms with Crippen LogP contribution in [0.2, 0.25) is 0 Å². The highest BCUT2D eigenvalue weighted by atomic mass is 19.4. The summed E-state index contributed by atoms with van der Waals surface area (Å²) in [5.74, 6) is -0.393. The molecule has 0 aliphatic rings. The van der Waals surface area contributed by atoms with Gasteiger partial charge in [-0.05, 0) is 17.7 Å². The van der Waals surface area contributed by atoms with E-state index < -0.39 is 17.6 Å². The molecule has 1 heterocycles. The van der Waals surface area contributed by atoms with Crippen molar-refractivity contribution in [2.24, 2.45) is 0 Å². The molecule has 1 rings (SSSR count). The molecule has 0 aliphatic carbocycles. The van der Waals surface area contributed by atoms with Gasteiger partial charge in [0.25, 0.3) is 0 Å². The van der Waals surface area contributed by atoms with E-state index in [1.54, 1.807) is 0 Å². The van der Waals surface area contributed by atoms with E-state index in [9.17, 15) is 18.0 Å². The SMILES string of the molecule is C=Cc1cc(CNC(C)=O)c(C(F)(F)F)cn1. The summed E-state index contributed by atoms with van der Waals surface area (Å²) in [5, 5.41) is 2.32. The summed E-state index contributed by atoms with van der Waals surface area (Å²) in [6.45, 7) is 4.48. The summed E-state index contributed by atoms with van der Waals surface area (Å²) in [4.78, 5) is 14.3. The smallest absolute Gasteiger partial charge is 0.352 e. The number of amides is 1. The third-order valence-corrected chi connectivity index (χ3v) is 2.05. The molecule has 0 unspecified atom stereocenters. The van der Waals surface area contributed by atoms with Crippen LogP contribution in [0.1, 0.15) is 23.7 Å². The molecule has 6 heteroatoms. The van der Waals surface area contributed by atoms with E-state index in [2.05, 4.69) is 16.9 Å². The van der Waals surface area contributed by atoms with Crippen LogP contribution in [0.25, 0.3) is 6.08 Å². The molecule has 0 spiro atoms. The van der Waals surface area contributed by atoms with Crippen LogP contribution in [0.4, 0.5) is 13.2 Å². The highest BCUT2D eigenvalue weighted by Crippen LogP contribution is 2.31. The predicted octanol–water partition coefficient (Wildman–Crippen LogP) is 2.38. The normalized spacial score (nSPS) is 11.1. The van der Waals surface area contributed by atoms with Gasteiger partial charge >= 0.3 is 6.18 Å². The number of aromatic nitrogens is 1. The Balaban J connectivity index is 3.11. The maximum absolute atomic E-state index is 12.6. The quantitative estimate of drug-likeness (QED) is 0.886. The van der Waals surface area contributed by atoms with Crippen molar-refractivity contribution in [1.29, 1.82) is 0 Å². The summed E-state index contributed by atoms with van der Waals surface area (Å²) >= 11 is 0. The fraction of sp³-hybridized carbons (Fsp3) is 0.273. The molecule has 0 aromatic carbocycles. The zero-order chi connectivity index (χ0) is 13.1. The highest BCUT2D eigenvalue weighted by Gasteiger charge is 2.33. The lowest BCUT2D eigenvalue weighted by atomic mass is 10.1. The minimum absolute atomic E-state index is 0.0300. The lowest BCUT2D eigenvalue weighted by molar-refractivity contribution is -0.138. The number of rotatable bonds is 3. The van der Waals surface area contributed by atoms with E-state index in [-0.39, 0.29) is 12.1 Å². The number of halogens is 3. The Morgan fingerprint density at radius 2 is 2.24 bits per heavy atom. The van der Waals surface area contributed by atoms with Gasteiger partial charge in [-0.25, -0.2) is 0 Å². The van der Waals surface area contributed by atoms with E-state index in [1.807, 2.05) is 0 Å². The molecule has 0 atom stereocenters. The first-order chi connectivity index (χ1) is 7.84. The minimum Gasteiger partial charge on any atom is -0.352 e. The number of alkyl halides is 3. The molecule has 0 aliphatic heterocycles. The van der Waals surface area contributed by atoms with Crippen LogP contribution in [0.5, 0.6) is 0 Å². The second kappa shape index (κ2) is 4.99. The first kappa shape index (κ1) is 13.2. The van der Waals surface area contributed by atoms with Crippen molar-refractivity contribution < 1.29 is 18.0 Å². The molecule has 1 aromatic heterocycles. The summed E-state index contributed by atoms with van der Waals surface area (Å²) in [6, 6.07) is 1.26. The van der Waals surface area contributed by atoms with Crippen molar-refractivity contribution in [2.75, 3.05) is 0 Å². The van der Waals surface area contributed by atoms with Crippen LogP contribution in [-0.4, -0.2) is 10.9 Å². The third kappa shape index (κ3) is 3.58. The maximum Gasteiger partial charge on any atom is 0.418 e. The van der Waals surface area contributed by atoms with E-state index in [4.69, 9.17) is 0 Å². The molecule has 92 valence electrons. The van der Waals surface area contributed by atoms with Crippen LogP contribution >= 0.6 is 0 Å². The molecule has 1 amide bonds. The zero-order valence-corrected chi connectivity index (χ0v) is 9.14. The van der Waals surface area contributed by atoms with Crippen LogP contribution < -0.4 is 5.32 Å². The van der Waals surface area contributed by atoms with Gasteiger partial charge in [0.2, 0.25) is 5.91 Å². The molecule has 0 bridgehead atoms. The monoisotopic (exact) mass is 244 g/mol. The average molecular weight is 244 g/mol. The van der Waals surface area contributed by atoms with Crippen LogP contribution in [-0.2, 0) is 17.5 Å². The number of nitrogens with one attached hydrogen (secondary N) is 1. The predicted molar refractivity (Wildman–Crippen MR) is 56.9 cm³/mol. The number of nitrogens with zero attached hydrogens (tertiary/aromatic N) is 1. The van der Waals surface area contributed by atoms with E-state index in [1.165, 1.54) is 19.1 Å². The van der Waals surface area contributed by atoms with Crippen LogP contribution in [0.15, 0.2) is 18.8 Å². The molecular formula is C11H11F3N2O. The van der Waals surface area contributed by atoms with E-state index >= 15 is 0 Å². The molecule has 0 fully saturated rings. The van der Waals surface area contributed by atoms with Crippen LogP contribution in [0.3, 0.4) is 0 Å². The number of carbonyl (C=O) groups is 1. The number of hydrogen-bond acceptors (Lipinski definition) is 2. The maximum atomic E-state index is 12.6. The zero-order valence-electron chi connectivity index (χ0n) is 9.14. The van der Waals surface area contributed by atoms with Crippen LogP contribution in [0, 0.1) is 0 Å². The summed E-state index contributed by atoms with van der Waals surface area (Å²) < 4.78 is 37.9. The van der Waals surface area contributed by atoms with Gasteiger partial charge in [0.05, 0.1) is 11.3 Å². The number of hydrogen-bond donors (Lipinski definition) is 1. The van der Waals surface area contributed by atoms with Gasteiger partial charge in [0, 0.05) is 19.7 Å². The largest absolute Gasteiger partial charge is 0.418 e. The molecule has 0 saturated carbocycles. The van der Waals surface area contributed by atoms with E-state index in [0.717, 1.165) is 6.20 Å². The second-order valence-electron chi connectivity index (χ2n) is 3.38. The molecule has 3 nitrogen and oxygen atoms in total. The molecular weight excluding hydrogens is 233 g/mol. The Morgan fingerprint density at radius 1 is 1.59 bits per heavy atom. The van der Waals surface area contributed by atoms with Gasteiger partial charge in [-0.1, -0.05) is 6.58 Å². The Hall–Kier alpha value is -1.85. The topological polar surface area (TPSA) is 42.0 Å². The van der Waals surface area contributed by atoms with E-state index in [0.29, 0.717) is 5.69 Å². The van der Waals surface area contributed by atoms with Gasteiger partial charge in [0.1, 0.15) is 0 Å². The second-order valence-corrected chi connectivity index (χ2v) is 3.38. The first-order valence-corrected chi connectivity index (χ1v) is 4.77. The fourth-order valence-electron chi connectivity index (χ4n) is 1.25. The summed E-state index contributed by atoms with van der Waals surface area (Å²) in [7, 11) is 0. The summed E-state index contributed by atoms with van der Waals surface area (Å²) in [5.41, 5.74) is -0.548. The molecule has 1 N–H and O–H groups in total. The Bertz CT molecular complexity index is 441. The van der Waals surface area contributed by atoms with Gasteiger partial charge in [-0.3, -0.25) is 9.78 Å². The van der Waals surface area contributed by atoms with Crippen molar-refractivity contribution in [3.8, 4) is 0 Å². The third-order valence-electron chi connectivity index (χ3n) is 2.05. The lowest BCUT2D eigenvalue weighted by Gasteiger charge is -2.13. The van der Waals surface area contributed by atoms with Gasteiger partial charge in [-0.15, -0.1) is 0 Å². The first-order valence-electron chi connectivity index (χ1n) is 4.77. The molecule has 0 saturated heterocycles. The molecule has 17 heavy (non-hydrogen) atoms. The Kier molecular flexibility index (Phi) is 3.88. The van der Waals surface area contributed by atoms with Gasteiger partial charge in [-0.2, -0.15) is 13.2 Å². The van der Waals surface area contributed by atoms with Crippen molar-refractivity contribution in [2.45, 2.75) is 19.6 Å². The highest BCUT2D eigenvalue weighted by molar-refractivity contribution is 5.72. The van der Waals surface area contributed by atoms with Crippen molar-refractivity contribution in [3.63, 3.8) is 0 Å². The number of pyridine rings is 1. The molecule has 1 aromatic rings. The lowest BCUT2D eigenvalue weighted by Crippen LogP contribution is -2.22. The number of carbonyl (C=O) groups excluding carboxylic acids is 1. The minimum atomic E-state index is -4.49. The van der Waals surface area contributed by atoms with Gasteiger partial charge in [0.15, 0.2) is 0 Å². The summed E-state index contributed by atoms with van der Waals surface area (Å²) in [6.07, 6.45) is -2.40. The average Bonchev–Trinajstić information content (AvgIpc) is 2.24. The van der Waals surface area contributed by atoms with Crippen molar-refractivity contribution >= 4 is 12.0 Å². The van der Waals surface area contributed by atoms with Gasteiger partial charge < -0.3 is 5.32 Å². The van der Waals surface area contributed by atoms with Crippen molar-refractivity contribution in [3.05, 3.63) is 35.7 Å². The molecule has 0 radical (unpaired) electrons. The Labute approximate surface area is 96.4 Å².